The summed E-state index contributed by atoms with van der Waals surface area (Å²) >= 11 is 0. The Hall–Kier alpha value is -2.36. The molecule has 0 aliphatic heterocycles. The van der Waals surface area contributed by atoms with Crippen molar-refractivity contribution in [2.45, 2.75) is 58.3 Å². The number of carbonyl (C=O) groups is 1. The van der Waals surface area contributed by atoms with E-state index >= 15 is 0 Å². The van der Waals surface area contributed by atoms with Gasteiger partial charge < -0.3 is 10.1 Å². The van der Waals surface area contributed by atoms with E-state index < -0.39 is 0 Å². The number of aromatic nitrogens is 1. The Morgan fingerprint density at radius 2 is 1.90 bits per heavy atom. The molecule has 1 amide bonds. The molecule has 0 radical (unpaired) electrons. The largest absolute Gasteiger partial charge is 0.439 e. The molecule has 2 aromatic rings. The molecule has 0 spiro atoms. The summed E-state index contributed by atoms with van der Waals surface area (Å²) in [5.74, 6) is 3.95. The van der Waals surface area contributed by atoms with Crippen LogP contribution in [0.3, 0.4) is 0 Å². The average Bonchev–Trinajstić information content (AvgIpc) is 3.04. The van der Waals surface area contributed by atoms with Gasteiger partial charge in [0.2, 0.25) is 5.88 Å². The first kappa shape index (κ1) is 19.9. The highest BCUT2D eigenvalue weighted by molar-refractivity contribution is 5.93. The first-order valence-electron chi connectivity index (χ1n) is 11.1. The fourth-order valence-corrected chi connectivity index (χ4v) is 5.09. The van der Waals surface area contributed by atoms with E-state index in [1.165, 1.54) is 56.1 Å². The standard InChI is InChI=1S/C25H32N2O2/c1-17-3-4-19(13-17)14-18-5-7-20-9-11-23(15-21(20)8-6-18)29-24-12-10-22(16-27-24)25(28)26-2/h9-12,15-19H,3-8,13-14H2,1-2H3,(H,26,28). The molecule has 1 fully saturated rings. The molecule has 1 N–H and O–H groups in total. The SMILES string of the molecule is CNC(=O)c1ccc(Oc2ccc3c(c2)CCC(CC2CCC(C)C2)CC3)nc1. The van der Waals surface area contributed by atoms with Crippen LogP contribution in [0.2, 0.25) is 0 Å². The summed E-state index contributed by atoms with van der Waals surface area (Å²) in [6.45, 7) is 2.41. The number of nitrogens with zero attached hydrogens (tertiary/aromatic N) is 1. The second-order valence-electron chi connectivity index (χ2n) is 8.96. The van der Waals surface area contributed by atoms with E-state index in [0.29, 0.717) is 11.4 Å². The van der Waals surface area contributed by atoms with Crippen LogP contribution in [-0.2, 0) is 12.8 Å². The number of ether oxygens (including phenoxy) is 1. The first-order valence-corrected chi connectivity index (χ1v) is 11.1. The molecule has 29 heavy (non-hydrogen) atoms. The molecule has 2 aliphatic rings. The molecule has 4 nitrogen and oxygen atoms in total. The number of aryl methyl sites for hydroxylation is 2. The quantitative estimate of drug-likeness (QED) is 0.678. The molecule has 4 rings (SSSR count). The van der Waals surface area contributed by atoms with Gasteiger partial charge in [-0.3, -0.25) is 4.79 Å². The maximum atomic E-state index is 11.6. The van der Waals surface area contributed by atoms with Gasteiger partial charge in [0, 0.05) is 19.3 Å². The van der Waals surface area contributed by atoms with Crippen molar-refractivity contribution in [3.63, 3.8) is 0 Å². The van der Waals surface area contributed by atoms with Gasteiger partial charge in [0.15, 0.2) is 0 Å². The molecule has 1 aromatic heterocycles. The van der Waals surface area contributed by atoms with Gasteiger partial charge in [-0.25, -0.2) is 4.98 Å². The predicted molar refractivity (Wildman–Crippen MR) is 115 cm³/mol. The van der Waals surface area contributed by atoms with Crippen molar-refractivity contribution in [3.8, 4) is 11.6 Å². The Labute approximate surface area is 174 Å². The summed E-state index contributed by atoms with van der Waals surface area (Å²) in [6.07, 6.45) is 12.2. The molecule has 154 valence electrons. The molecule has 0 saturated heterocycles. The highest BCUT2D eigenvalue weighted by Gasteiger charge is 2.25. The van der Waals surface area contributed by atoms with Crippen LogP contribution < -0.4 is 10.1 Å². The lowest BCUT2D eigenvalue weighted by atomic mass is 9.87. The van der Waals surface area contributed by atoms with Gasteiger partial charge in [-0.05, 0) is 85.6 Å². The molecule has 1 aromatic carbocycles. The fourth-order valence-electron chi connectivity index (χ4n) is 5.09. The number of fused-ring (bicyclic) bond motifs is 1. The van der Waals surface area contributed by atoms with Gasteiger partial charge in [-0.2, -0.15) is 0 Å². The zero-order valence-electron chi connectivity index (χ0n) is 17.6. The van der Waals surface area contributed by atoms with Crippen molar-refractivity contribution < 1.29 is 9.53 Å². The number of amides is 1. The van der Waals surface area contributed by atoms with E-state index in [1.54, 1.807) is 25.4 Å². The molecule has 0 bridgehead atoms. The Kier molecular flexibility index (Phi) is 6.17. The summed E-state index contributed by atoms with van der Waals surface area (Å²) in [6, 6.07) is 9.94. The van der Waals surface area contributed by atoms with Crippen molar-refractivity contribution in [1.29, 1.82) is 0 Å². The third kappa shape index (κ3) is 4.98. The van der Waals surface area contributed by atoms with Crippen molar-refractivity contribution in [3.05, 3.63) is 53.2 Å². The second-order valence-corrected chi connectivity index (χ2v) is 8.96. The van der Waals surface area contributed by atoms with Gasteiger partial charge in [-0.15, -0.1) is 0 Å². The molecule has 3 atom stereocenters. The van der Waals surface area contributed by atoms with E-state index in [9.17, 15) is 4.79 Å². The number of benzene rings is 1. The minimum absolute atomic E-state index is 0.143. The molecule has 2 aliphatic carbocycles. The van der Waals surface area contributed by atoms with Crippen LogP contribution in [0.25, 0.3) is 0 Å². The summed E-state index contributed by atoms with van der Waals surface area (Å²) in [4.78, 5) is 15.9. The van der Waals surface area contributed by atoms with Gasteiger partial charge in [-0.1, -0.05) is 25.8 Å². The van der Waals surface area contributed by atoms with Gasteiger partial charge >= 0.3 is 0 Å². The van der Waals surface area contributed by atoms with E-state index in [-0.39, 0.29) is 5.91 Å². The number of pyridine rings is 1. The number of hydrogen-bond donors (Lipinski definition) is 1. The van der Waals surface area contributed by atoms with E-state index in [2.05, 4.69) is 29.4 Å². The number of hydrogen-bond acceptors (Lipinski definition) is 3. The normalized spacial score (nSPS) is 23.9. The summed E-state index contributed by atoms with van der Waals surface area (Å²) in [7, 11) is 1.61. The summed E-state index contributed by atoms with van der Waals surface area (Å²) in [5, 5.41) is 2.60. The Morgan fingerprint density at radius 1 is 1.07 bits per heavy atom. The monoisotopic (exact) mass is 392 g/mol. The minimum Gasteiger partial charge on any atom is -0.439 e. The molecule has 4 heteroatoms. The molecule has 1 heterocycles. The van der Waals surface area contributed by atoms with Crippen molar-refractivity contribution in [2.24, 2.45) is 17.8 Å². The predicted octanol–water partition coefficient (Wildman–Crippen LogP) is 5.55. The Morgan fingerprint density at radius 3 is 2.59 bits per heavy atom. The maximum absolute atomic E-state index is 11.6. The van der Waals surface area contributed by atoms with Gasteiger partial charge in [0.05, 0.1) is 5.56 Å². The molecule has 1 saturated carbocycles. The zero-order chi connectivity index (χ0) is 20.2. The van der Waals surface area contributed by atoms with Crippen LogP contribution in [-0.4, -0.2) is 17.9 Å². The van der Waals surface area contributed by atoms with Crippen LogP contribution in [0.15, 0.2) is 36.5 Å². The number of nitrogens with one attached hydrogen (secondary N) is 1. The number of rotatable bonds is 5. The highest BCUT2D eigenvalue weighted by atomic mass is 16.5. The van der Waals surface area contributed by atoms with Gasteiger partial charge in [0.1, 0.15) is 5.75 Å². The van der Waals surface area contributed by atoms with Crippen LogP contribution in [0.1, 0.15) is 66.9 Å². The Bertz CT molecular complexity index is 846. The summed E-state index contributed by atoms with van der Waals surface area (Å²) < 4.78 is 5.96. The van der Waals surface area contributed by atoms with E-state index in [4.69, 9.17) is 4.74 Å². The fraction of sp³-hybridized carbons (Fsp3) is 0.520. The van der Waals surface area contributed by atoms with Crippen LogP contribution >= 0.6 is 0 Å². The highest BCUT2D eigenvalue weighted by Crippen LogP contribution is 2.38. The minimum atomic E-state index is -0.143. The second kappa shape index (κ2) is 8.98. The lowest BCUT2D eigenvalue weighted by Crippen LogP contribution is -2.17. The van der Waals surface area contributed by atoms with Crippen molar-refractivity contribution in [2.75, 3.05) is 7.05 Å². The third-order valence-electron chi connectivity index (χ3n) is 6.74. The van der Waals surface area contributed by atoms with Crippen LogP contribution in [0, 0.1) is 17.8 Å². The molecular weight excluding hydrogens is 360 g/mol. The Balaban J connectivity index is 1.38. The third-order valence-corrected chi connectivity index (χ3v) is 6.74. The summed E-state index contributed by atoms with van der Waals surface area (Å²) in [5.41, 5.74) is 3.43. The average molecular weight is 393 g/mol. The molecular formula is C25H32N2O2. The van der Waals surface area contributed by atoms with Crippen LogP contribution in [0.4, 0.5) is 0 Å². The lowest BCUT2D eigenvalue weighted by Gasteiger charge is -2.18. The zero-order valence-corrected chi connectivity index (χ0v) is 17.6. The lowest BCUT2D eigenvalue weighted by molar-refractivity contribution is 0.0962. The van der Waals surface area contributed by atoms with E-state index in [0.717, 1.165) is 29.9 Å². The van der Waals surface area contributed by atoms with E-state index in [1.807, 2.05) is 6.07 Å². The number of carbonyl (C=O) groups excluding carboxylic acids is 1. The van der Waals surface area contributed by atoms with Crippen LogP contribution in [0.5, 0.6) is 11.6 Å². The molecule has 3 unspecified atom stereocenters. The van der Waals surface area contributed by atoms with Crippen molar-refractivity contribution >= 4 is 5.91 Å². The van der Waals surface area contributed by atoms with Gasteiger partial charge in [0.25, 0.3) is 5.91 Å². The topological polar surface area (TPSA) is 51.2 Å². The maximum Gasteiger partial charge on any atom is 0.252 e. The first-order chi connectivity index (χ1) is 14.1. The van der Waals surface area contributed by atoms with Crippen molar-refractivity contribution in [1.82, 2.24) is 10.3 Å². The smallest absolute Gasteiger partial charge is 0.252 e.